The molecule has 7 heteroatoms. The zero-order chi connectivity index (χ0) is 25.5. The lowest BCUT2D eigenvalue weighted by Gasteiger charge is -2.42. The first-order valence-electron chi connectivity index (χ1n) is 13.6. The van der Waals surface area contributed by atoms with Gasteiger partial charge in [0, 0.05) is 51.4 Å². The summed E-state index contributed by atoms with van der Waals surface area (Å²) in [4.78, 5) is 35.0. The van der Waals surface area contributed by atoms with E-state index in [-0.39, 0.29) is 17.2 Å². The van der Waals surface area contributed by atoms with Crippen molar-refractivity contribution in [3.8, 4) is 5.75 Å². The minimum atomic E-state index is -0.373. The van der Waals surface area contributed by atoms with Gasteiger partial charge in [-0.1, -0.05) is 44.9 Å². The number of para-hydroxylation sites is 1. The molecule has 36 heavy (non-hydrogen) atoms. The number of nitrogens with zero attached hydrogens (tertiary/aromatic N) is 4. The lowest BCUT2D eigenvalue weighted by molar-refractivity contribution is -0.148. The summed E-state index contributed by atoms with van der Waals surface area (Å²) in [5, 5.41) is 0. The highest BCUT2D eigenvalue weighted by molar-refractivity contribution is 5.83. The van der Waals surface area contributed by atoms with Crippen molar-refractivity contribution in [1.29, 1.82) is 0 Å². The Morgan fingerprint density at radius 3 is 2.64 bits per heavy atom. The SMILES string of the molecule is CC(C)c1nccn1CCC(=O)N1CCC2(CCCCCc3ccccc3OCCN(C)C2=O)CC1. The molecular weight excluding hydrogens is 452 g/mol. The molecule has 1 saturated heterocycles. The van der Waals surface area contributed by atoms with Crippen LogP contribution >= 0.6 is 0 Å². The Labute approximate surface area is 215 Å². The molecule has 1 spiro atoms. The molecule has 1 aromatic heterocycles. The van der Waals surface area contributed by atoms with Gasteiger partial charge in [0.2, 0.25) is 11.8 Å². The van der Waals surface area contributed by atoms with E-state index in [0.29, 0.717) is 45.1 Å². The molecule has 0 bridgehead atoms. The van der Waals surface area contributed by atoms with E-state index in [1.807, 2.05) is 41.4 Å². The summed E-state index contributed by atoms with van der Waals surface area (Å²) < 4.78 is 8.16. The van der Waals surface area contributed by atoms with Crippen LogP contribution < -0.4 is 4.74 Å². The highest BCUT2D eigenvalue weighted by Crippen LogP contribution is 2.39. The number of aryl methyl sites for hydroxylation is 2. The van der Waals surface area contributed by atoms with Gasteiger partial charge >= 0.3 is 0 Å². The quantitative estimate of drug-likeness (QED) is 0.620. The van der Waals surface area contributed by atoms with E-state index >= 15 is 0 Å². The van der Waals surface area contributed by atoms with Crippen molar-refractivity contribution < 1.29 is 14.3 Å². The number of imidazole rings is 1. The van der Waals surface area contributed by atoms with Gasteiger partial charge in [-0.2, -0.15) is 0 Å². The molecule has 2 aliphatic heterocycles. The highest BCUT2D eigenvalue weighted by Gasteiger charge is 2.43. The average molecular weight is 495 g/mol. The molecule has 0 radical (unpaired) electrons. The number of carbonyl (C=O) groups excluding carboxylic acids is 2. The second kappa shape index (κ2) is 11.9. The third-order valence-corrected chi connectivity index (χ3v) is 7.96. The third-order valence-electron chi connectivity index (χ3n) is 7.96. The Hall–Kier alpha value is -2.83. The van der Waals surface area contributed by atoms with Crippen LogP contribution in [0.4, 0.5) is 0 Å². The number of benzene rings is 1. The highest BCUT2D eigenvalue weighted by atomic mass is 16.5. The molecule has 0 unspecified atom stereocenters. The Bertz CT molecular complexity index is 1020. The number of fused-ring (bicyclic) bond motifs is 1. The van der Waals surface area contributed by atoms with Crippen LogP contribution in [0, 0.1) is 5.41 Å². The smallest absolute Gasteiger partial charge is 0.228 e. The first kappa shape index (κ1) is 26.2. The summed E-state index contributed by atoms with van der Waals surface area (Å²) in [6.45, 7) is 7.26. The number of aromatic nitrogens is 2. The number of piperidine rings is 1. The number of rotatable bonds is 4. The summed E-state index contributed by atoms with van der Waals surface area (Å²) in [5.41, 5.74) is 0.880. The van der Waals surface area contributed by atoms with E-state index in [9.17, 15) is 9.59 Å². The van der Waals surface area contributed by atoms with Crippen LogP contribution in [0.1, 0.15) is 76.1 Å². The van der Waals surface area contributed by atoms with Crippen molar-refractivity contribution in [2.45, 2.75) is 77.7 Å². The summed E-state index contributed by atoms with van der Waals surface area (Å²) in [6, 6.07) is 8.25. The zero-order valence-electron chi connectivity index (χ0n) is 22.2. The molecule has 0 N–H and O–H groups in total. The lowest BCUT2D eigenvalue weighted by atomic mass is 9.73. The normalized spacial score (nSPS) is 19.3. The molecule has 0 aliphatic carbocycles. The maximum absolute atomic E-state index is 13.7. The van der Waals surface area contributed by atoms with Gasteiger partial charge in [0.1, 0.15) is 18.2 Å². The van der Waals surface area contributed by atoms with Crippen LogP contribution in [0.5, 0.6) is 5.75 Å². The van der Waals surface area contributed by atoms with Gasteiger partial charge in [0.05, 0.1) is 12.0 Å². The summed E-state index contributed by atoms with van der Waals surface area (Å²) >= 11 is 0. The molecule has 0 saturated carbocycles. The number of hydrogen-bond donors (Lipinski definition) is 0. The standard InChI is InChI=1S/C29H42N4O3/c1-23(2)27-30-16-20-33(27)17-12-26(34)32-18-14-29(15-19-32)13-8-4-5-9-24-10-6-7-11-25(24)36-22-21-31(3)28(29)35/h6-7,10-11,16,20,23H,4-5,8-9,12-15,17-19,21-22H2,1-3H3. The summed E-state index contributed by atoms with van der Waals surface area (Å²) in [5.74, 6) is 2.67. The van der Waals surface area contributed by atoms with E-state index in [1.54, 1.807) is 0 Å². The predicted molar refractivity (Wildman–Crippen MR) is 141 cm³/mol. The molecule has 2 aromatic rings. The van der Waals surface area contributed by atoms with Crippen LogP contribution in [-0.2, 0) is 22.6 Å². The molecular formula is C29H42N4O3. The topological polar surface area (TPSA) is 67.7 Å². The van der Waals surface area contributed by atoms with Crippen molar-refractivity contribution in [3.63, 3.8) is 0 Å². The first-order chi connectivity index (χ1) is 17.4. The maximum atomic E-state index is 13.7. The van der Waals surface area contributed by atoms with E-state index in [1.165, 1.54) is 5.56 Å². The van der Waals surface area contributed by atoms with Crippen molar-refractivity contribution >= 4 is 11.8 Å². The average Bonchev–Trinajstić information content (AvgIpc) is 3.36. The number of likely N-dealkylation sites (tertiary alicyclic amines) is 1. The van der Waals surface area contributed by atoms with Crippen LogP contribution in [0.25, 0.3) is 0 Å². The van der Waals surface area contributed by atoms with Gasteiger partial charge in [0.25, 0.3) is 0 Å². The minimum Gasteiger partial charge on any atom is -0.491 e. The van der Waals surface area contributed by atoms with Crippen LogP contribution in [0.3, 0.4) is 0 Å². The van der Waals surface area contributed by atoms with Gasteiger partial charge in [-0.3, -0.25) is 9.59 Å². The van der Waals surface area contributed by atoms with Crippen LogP contribution in [0.2, 0.25) is 0 Å². The number of carbonyl (C=O) groups is 2. The van der Waals surface area contributed by atoms with Crippen LogP contribution in [-0.4, -0.2) is 64.5 Å². The first-order valence-corrected chi connectivity index (χ1v) is 13.6. The van der Waals surface area contributed by atoms with Gasteiger partial charge in [0.15, 0.2) is 0 Å². The Morgan fingerprint density at radius 2 is 1.86 bits per heavy atom. The zero-order valence-corrected chi connectivity index (χ0v) is 22.2. The Balaban J connectivity index is 1.36. The lowest BCUT2D eigenvalue weighted by Crippen LogP contribution is -2.51. The largest absolute Gasteiger partial charge is 0.491 e. The molecule has 3 heterocycles. The van der Waals surface area contributed by atoms with Crippen molar-refractivity contribution in [3.05, 3.63) is 48.0 Å². The van der Waals surface area contributed by atoms with E-state index in [0.717, 1.165) is 56.5 Å². The van der Waals surface area contributed by atoms with Crippen molar-refractivity contribution in [2.24, 2.45) is 5.41 Å². The molecule has 196 valence electrons. The molecule has 2 amide bonds. The second-order valence-corrected chi connectivity index (χ2v) is 10.8. The number of ether oxygens (including phenoxy) is 1. The number of likely N-dealkylation sites (N-methyl/N-ethyl adjacent to an activating group) is 1. The Kier molecular flexibility index (Phi) is 8.70. The van der Waals surface area contributed by atoms with Crippen molar-refractivity contribution in [2.75, 3.05) is 33.3 Å². The summed E-state index contributed by atoms with van der Waals surface area (Å²) in [7, 11) is 1.90. The fourth-order valence-corrected chi connectivity index (χ4v) is 5.75. The van der Waals surface area contributed by atoms with Gasteiger partial charge in [-0.15, -0.1) is 0 Å². The number of hydrogen-bond acceptors (Lipinski definition) is 4. The predicted octanol–water partition coefficient (Wildman–Crippen LogP) is 4.66. The molecule has 1 aromatic carbocycles. The number of amides is 2. The van der Waals surface area contributed by atoms with E-state index in [2.05, 4.69) is 35.5 Å². The fourth-order valence-electron chi connectivity index (χ4n) is 5.75. The second-order valence-electron chi connectivity index (χ2n) is 10.8. The molecule has 1 fully saturated rings. The fraction of sp³-hybridized carbons (Fsp3) is 0.621. The monoisotopic (exact) mass is 494 g/mol. The van der Waals surface area contributed by atoms with Gasteiger partial charge < -0.3 is 19.1 Å². The molecule has 2 aliphatic rings. The molecule has 7 nitrogen and oxygen atoms in total. The Morgan fingerprint density at radius 1 is 1.08 bits per heavy atom. The van der Waals surface area contributed by atoms with Gasteiger partial charge in [-0.05, 0) is 43.7 Å². The summed E-state index contributed by atoms with van der Waals surface area (Å²) in [6.07, 6.45) is 10.8. The van der Waals surface area contributed by atoms with Gasteiger partial charge in [-0.25, -0.2) is 4.98 Å². The molecule has 4 rings (SSSR count). The third kappa shape index (κ3) is 6.11. The van der Waals surface area contributed by atoms with Crippen molar-refractivity contribution in [1.82, 2.24) is 19.4 Å². The van der Waals surface area contributed by atoms with E-state index < -0.39 is 0 Å². The maximum Gasteiger partial charge on any atom is 0.228 e. The van der Waals surface area contributed by atoms with E-state index in [4.69, 9.17) is 4.74 Å². The molecule has 0 atom stereocenters. The minimum absolute atomic E-state index is 0.171. The van der Waals surface area contributed by atoms with Crippen LogP contribution in [0.15, 0.2) is 36.7 Å².